The van der Waals surface area contributed by atoms with Gasteiger partial charge in [0.2, 0.25) is 5.91 Å². The fourth-order valence-corrected chi connectivity index (χ4v) is 7.31. The van der Waals surface area contributed by atoms with Gasteiger partial charge in [-0.15, -0.1) is 0 Å². The minimum Gasteiger partial charge on any atom is -0.394 e. The maximum Gasteiger partial charge on any atom is 0.220 e. The summed E-state index contributed by atoms with van der Waals surface area (Å²) >= 11 is 0. The molecule has 7 atom stereocenters. The highest BCUT2D eigenvalue weighted by atomic mass is 16.7. The summed E-state index contributed by atoms with van der Waals surface area (Å²) < 4.78 is 11.2. The number of carbonyl (C=O) groups excluding carboxylic acids is 1. The van der Waals surface area contributed by atoms with Gasteiger partial charge in [0.05, 0.1) is 25.4 Å². The van der Waals surface area contributed by atoms with Crippen molar-refractivity contribution in [1.29, 1.82) is 0 Å². The Balaban J connectivity index is 2.25. The van der Waals surface area contributed by atoms with Crippen molar-refractivity contribution in [2.24, 2.45) is 0 Å². The Morgan fingerprint density at radius 3 is 1.56 bits per heavy atom. The van der Waals surface area contributed by atoms with Crippen LogP contribution >= 0.6 is 0 Å². The van der Waals surface area contributed by atoms with Gasteiger partial charge in [-0.3, -0.25) is 4.79 Å². The normalized spacial score (nSPS) is 21.5. The zero-order valence-electron chi connectivity index (χ0n) is 35.4. The lowest BCUT2D eigenvalue weighted by molar-refractivity contribution is -0.302. The second kappa shape index (κ2) is 37.0. The number of nitrogens with one attached hydrogen (secondary N) is 1. The smallest absolute Gasteiger partial charge is 0.220 e. The van der Waals surface area contributed by atoms with Gasteiger partial charge in [0.15, 0.2) is 6.29 Å². The van der Waals surface area contributed by atoms with Gasteiger partial charge in [0.25, 0.3) is 0 Å². The Morgan fingerprint density at radius 1 is 0.618 bits per heavy atom. The van der Waals surface area contributed by atoms with Gasteiger partial charge in [-0.2, -0.15) is 0 Å². The molecule has 1 saturated heterocycles. The van der Waals surface area contributed by atoms with E-state index in [1.807, 2.05) is 0 Å². The van der Waals surface area contributed by atoms with Crippen molar-refractivity contribution < 1.29 is 39.8 Å². The summed E-state index contributed by atoms with van der Waals surface area (Å²) in [6.45, 7) is 3.80. The van der Waals surface area contributed by atoms with Gasteiger partial charge >= 0.3 is 0 Å². The molecule has 7 unspecified atom stereocenters. The number of hydrogen-bond acceptors (Lipinski definition) is 8. The van der Waals surface area contributed by atoms with Crippen LogP contribution in [0.4, 0.5) is 0 Å². The molecule has 6 N–H and O–H groups in total. The van der Waals surface area contributed by atoms with Gasteiger partial charge in [-0.05, 0) is 44.9 Å². The van der Waals surface area contributed by atoms with Gasteiger partial charge in [0.1, 0.15) is 24.4 Å². The third-order valence-corrected chi connectivity index (χ3v) is 11.1. The number of rotatable bonds is 38. The quantitative estimate of drug-likeness (QED) is 0.0268. The molecule has 1 aliphatic rings. The number of unbranched alkanes of at least 4 members (excludes halogenated alkanes) is 24. The fourth-order valence-electron chi connectivity index (χ4n) is 7.31. The van der Waals surface area contributed by atoms with Crippen molar-refractivity contribution in [1.82, 2.24) is 5.32 Å². The van der Waals surface area contributed by atoms with E-state index in [4.69, 9.17) is 9.47 Å². The van der Waals surface area contributed by atoms with Crippen molar-refractivity contribution in [2.45, 2.75) is 249 Å². The van der Waals surface area contributed by atoms with Crippen LogP contribution in [0, 0.1) is 0 Å². The van der Waals surface area contributed by atoms with Crippen LogP contribution in [0.15, 0.2) is 24.3 Å². The van der Waals surface area contributed by atoms with Gasteiger partial charge < -0.3 is 40.3 Å². The average molecular weight is 782 g/mol. The lowest BCUT2D eigenvalue weighted by Crippen LogP contribution is -2.60. The summed E-state index contributed by atoms with van der Waals surface area (Å²) in [7, 11) is 0. The highest BCUT2D eigenvalue weighted by Gasteiger charge is 2.44. The molecule has 1 heterocycles. The van der Waals surface area contributed by atoms with Crippen molar-refractivity contribution in [3.05, 3.63) is 24.3 Å². The van der Waals surface area contributed by atoms with Crippen LogP contribution in [0.3, 0.4) is 0 Å². The van der Waals surface area contributed by atoms with E-state index in [9.17, 15) is 30.3 Å². The summed E-state index contributed by atoms with van der Waals surface area (Å²) in [5.74, 6) is -0.154. The number of aliphatic hydroxyl groups is 5. The monoisotopic (exact) mass is 782 g/mol. The highest BCUT2D eigenvalue weighted by molar-refractivity contribution is 5.76. The molecule has 0 spiro atoms. The molecule has 55 heavy (non-hydrogen) atoms. The van der Waals surface area contributed by atoms with Crippen LogP contribution in [0.2, 0.25) is 0 Å². The topological polar surface area (TPSA) is 149 Å². The van der Waals surface area contributed by atoms with Crippen LogP contribution in [0.1, 0.15) is 206 Å². The van der Waals surface area contributed by atoms with Crippen LogP contribution in [-0.4, -0.2) is 87.5 Å². The zero-order valence-corrected chi connectivity index (χ0v) is 35.4. The van der Waals surface area contributed by atoms with E-state index < -0.39 is 49.5 Å². The van der Waals surface area contributed by atoms with Gasteiger partial charge in [-0.1, -0.05) is 179 Å². The summed E-state index contributed by atoms with van der Waals surface area (Å²) in [6.07, 6.45) is 36.3. The van der Waals surface area contributed by atoms with E-state index in [1.54, 1.807) is 0 Å². The molecule has 9 heteroatoms. The van der Waals surface area contributed by atoms with E-state index >= 15 is 0 Å². The maximum absolute atomic E-state index is 12.9. The molecule has 0 saturated carbocycles. The molecule has 0 radical (unpaired) electrons. The first-order valence-electron chi connectivity index (χ1n) is 23.0. The predicted octanol–water partition coefficient (Wildman–Crippen LogP) is 9.50. The number of amides is 1. The Kier molecular flexibility index (Phi) is 34.7. The van der Waals surface area contributed by atoms with E-state index in [2.05, 4.69) is 43.5 Å². The molecule has 0 aromatic rings. The number of hydrogen-bond donors (Lipinski definition) is 6. The first-order valence-corrected chi connectivity index (χ1v) is 23.0. The molecule has 0 aliphatic carbocycles. The molecule has 0 aromatic carbocycles. The lowest BCUT2D eigenvalue weighted by atomic mass is 9.99. The Hall–Kier alpha value is -1.33. The Bertz CT molecular complexity index is 914. The molecule has 0 bridgehead atoms. The third kappa shape index (κ3) is 27.9. The average Bonchev–Trinajstić information content (AvgIpc) is 3.18. The summed E-state index contributed by atoms with van der Waals surface area (Å²) in [5.41, 5.74) is 0. The number of ether oxygens (including phenoxy) is 2. The molecule has 1 amide bonds. The summed E-state index contributed by atoms with van der Waals surface area (Å²) in [4.78, 5) is 12.9. The van der Waals surface area contributed by atoms with Crippen LogP contribution in [0.5, 0.6) is 0 Å². The summed E-state index contributed by atoms with van der Waals surface area (Å²) in [5, 5.41) is 54.1. The van der Waals surface area contributed by atoms with E-state index in [1.165, 1.54) is 128 Å². The predicted molar refractivity (Wildman–Crippen MR) is 226 cm³/mol. The summed E-state index contributed by atoms with van der Waals surface area (Å²) in [6, 6.07) is -0.719. The van der Waals surface area contributed by atoms with Crippen molar-refractivity contribution in [2.75, 3.05) is 13.2 Å². The van der Waals surface area contributed by atoms with Crippen LogP contribution in [0.25, 0.3) is 0 Å². The molecular formula is C46H87NO8. The lowest BCUT2D eigenvalue weighted by Gasteiger charge is -2.40. The Labute approximate surface area is 337 Å². The third-order valence-electron chi connectivity index (χ3n) is 11.1. The maximum atomic E-state index is 12.9. The minimum absolute atomic E-state index is 0.141. The number of carbonyl (C=O) groups is 1. The molecule has 1 rings (SSSR count). The van der Waals surface area contributed by atoms with Gasteiger partial charge in [-0.25, -0.2) is 0 Å². The van der Waals surface area contributed by atoms with Crippen molar-refractivity contribution in [3.63, 3.8) is 0 Å². The second-order valence-corrected chi connectivity index (χ2v) is 16.2. The minimum atomic E-state index is -1.55. The fraction of sp³-hybridized carbons (Fsp3) is 0.891. The largest absolute Gasteiger partial charge is 0.394 e. The first kappa shape index (κ1) is 51.7. The number of aliphatic hydroxyl groups excluding tert-OH is 5. The van der Waals surface area contributed by atoms with E-state index in [-0.39, 0.29) is 12.5 Å². The van der Waals surface area contributed by atoms with Crippen LogP contribution < -0.4 is 5.32 Å². The highest BCUT2D eigenvalue weighted by Crippen LogP contribution is 2.23. The first-order chi connectivity index (χ1) is 26.8. The van der Waals surface area contributed by atoms with Crippen molar-refractivity contribution >= 4 is 5.91 Å². The molecule has 9 nitrogen and oxygen atoms in total. The standard InChI is InChI=1S/C46H87NO8/c1-3-5-7-9-11-13-14-15-16-17-18-19-20-21-22-23-24-25-26-28-30-32-34-36-42(50)47-39(40(49)35-33-31-29-27-12-10-8-6-4-2)38-54-46-45(53)44(52)43(51)41(37-48)55-46/h18-19,21-22,39-41,43-46,48-49,51-53H,3-17,20,23-38H2,1-2H3,(H,47,50)/b19-18-,22-21-. The molecule has 1 aliphatic heterocycles. The van der Waals surface area contributed by atoms with Crippen molar-refractivity contribution in [3.8, 4) is 0 Å². The zero-order chi connectivity index (χ0) is 40.2. The van der Waals surface area contributed by atoms with Crippen LogP contribution in [-0.2, 0) is 14.3 Å². The SMILES string of the molecule is CCCCCCCCCCC/C=C\C/C=C\CCCCCCCCCC(=O)NC(COC1OC(CO)C(O)C(O)C1O)C(O)CCCCCCCCCCC. The second-order valence-electron chi connectivity index (χ2n) is 16.2. The van der Waals surface area contributed by atoms with Gasteiger partial charge in [0, 0.05) is 6.42 Å². The van der Waals surface area contributed by atoms with E-state index in [0.717, 1.165) is 51.4 Å². The molecular weight excluding hydrogens is 695 g/mol. The Morgan fingerprint density at radius 2 is 1.07 bits per heavy atom. The number of allylic oxidation sites excluding steroid dienone is 4. The van der Waals surface area contributed by atoms with E-state index in [0.29, 0.717) is 12.8 Å². The molecule has 1 fully saturated rings. The molecule has 324 valence electrons. The molecule has 0 aromatic heterocycles.